The molecule has 0 saturated carbocycles. The molecule has 84 valence electrons. The molecular formula is C13H15NO2. The lowest BCUT2D eigenvalue weighted by Gasteiger charge is -2.21. The van der Waals surface area contributed by atoms with Crippen molar-refractivity contribution >= 4 is 5.91 Å². The third-order valence-electron chi connectivity index (χ3n) is 2.75. The second kappa shape index (κ2) is 4.94. The van der Waals surface area contributed by atoms with Gasteiger partial charge in [0.05, 0.1) is 0 Å². The average molecular weight is 217 g/mol. The van der Waals surface area contributed by atoms with Gasteiger partial charge in [0, 0.05) is 11.3 Å². The number of amides is 1. The van der Waals surface area contributed by atoms with Crippen molar-refractivity contribution in [2.24, 2.45) is 0 Å². The first-order valence-electron chi connectivity index (χ1n) is 5.56. The second-order valence-corrected chi connectivity index (χ2v) is 3.92. The van der Waals surface area contributed by atoms with Crippen LogP contribution in [0.1, 0.15) is 36.0 Å². The molecule has 0 aromatic heterocycles. The van der Waals surface area contributed by atoms with E-state index in [0.717, 1.165) is 36.4 Å². The van der Waals surface area contributed by atoms with Gasteiger partial charge in [0.1, 0.15) is 0 Å². The highest BCUT2D eigenvalue weighted by atomic mass is 16.5. The maximum atomic E-state index is 11.9. The van der Waals surface area contributed by atoms with E-state index in [-0.39, 0.29) is 5.91 Å². The van der Waals surface area contributed by atoms with Crippen LogP contribution in [0, 0.1) is 0 Å². The molecule has 3 heteroatoms. The molecule has 1 aliphatic rings. The molecule has 0 heterocycles. The molecule has 1 amide bonds. The Bertz CT molecular complexity index is 398. The Kier molecular flexibility index (Phi) is 3.37. The fourth-order valence-electron chi connectivity index (χ4n) is 1.85. The van der Waals surface area contributed by atoms with E-state index in [4.69, 9.17) is 0 Å². The van der Waals surface area contributed by atoms with Crippen LogP contribution in [0.3, 0.4) is 0 Å². The van der Waals surface area contributed by atoms with Gasteiger partial charge in [0.25, 0.3) is 5.91 Å². The van der Waals surface area contributed by atoms with E-state index >= 15 is 0 Å². The van der Waals surface area contributed by atoms with E-state index < -0.39 is 0 Å². The van der Waals surface area contributed by atoms with Crippen molar-refractivity contribution in [3.63, 3.8) is 0 Å². The third-order valence-corrected chi connectivity index (χ3v) is 2.75. The largest absolute Gasteiger partial charge is 0.281 e. The first-order valence-corrected chi connectivity index (χ1v) is 5.56. The van der Waals surface area contributed by atoms with Crippen LogP contribution in [-0.2, 0) is 0 Å². The number of carbonyl (C=O) groups excluding carboxylic acids is 1. The fraction of sp³-hybridized carbons (Fsp3) is 0.308. The van der Waals surface area contributed by atoms with E-state index in [2.05, 4.69) is 0 Å². The van der Waals surface area contributed by atoms with Crippen LogP contribution >= 0.6 is 0 Å². The highest BCUT2D eigenvalue weighted by Gasteiger charge is 2.18. The van der Waals surface area contributed by atoms with Crippen LogP contribution in [-0.4, -0.2) is 16.2 Å². The third kappa shape index (κ3) is 2.31. The summed E-state index contributed by atoms with van der Waals surface area (Å²) in [7, 11) is 0. The Balaban J connectivity index is 2.13. The molecule has 0 radical (unpaired) electrons. The monoisotopic (exact) mass is 217 g/mol. The Morgan fingerprint density at radius 3 is 2.56 bits per heavy atom. The molecule has 0 aliphatic heterocycles. The van der Waals surface area contributed by atoms with Crippen molar-refractivity contribution < 1.29 is 10.0 Å². The lowest BCUT2D eigenvalue weighted by molar-refractivity contribution is -0.0343. The zero-order chi connectivity index (χ0) is 11.4. The summed E-state index contributed by atoms with van der Waals surface area (Å²) >= 11 is 0. The lowest BCUT2D eigenvalue weighted by atomic mass is 10.0. The number of benzene rings is 1. The number of allylic oxidation sites excluding steroid dienone is 2. The second-order valence-electron chi connectivity index (χ2n) is 3.92. The lowest BCUT2D eigenvalue weighted by Crippen LogP contribution is -2.27. The summed E-state index contributed by atoms with van der Waals surface area (Å²) in [6, 6.07) is 8.83. The topological polar surface area (TPSA) is 40.5 Å². The maximum Gasteiger partial charge on any atom is 0.281 e. The Morgan fingerprint density at radius 1 is 1.19 bits per heavy atom. The molecule has 0 atom stereocenters. The molecule has 0 spiro atoms. The Hall–Kier alpha value is -1.61. The van der Waals surface area contributed by atoms with E-state index in [1.165, 1.54) is 0 Å². The van der Waals surface area contributed by atoms with E-state index in [9.17, 15) is 10.0 Å². The number of carbonyl (C=O) groups is 1. The van der Waals surface area contributed by atoms with Gasteiger partial charge < -0.3 is 0 Å². The van der Waals surface area contributed by atoms with Gasteiger partial charge in [0.2, 0.25) is 0 Å². The zero-order valence-corrected chi connectivity index (χ0v) is 9.10. The number of rotatable bonds is 2. The predicted octanol–water partition coefficient (Wildman–Crippen LogP) is 2.98. The van der Waals surface area contributed by atoms with E-state index in [0.29, 0.717) is 5.56 Å². The SMILES string of the molecule is O=C(c1ccccc1)N(O)C1=CCCCC1. The van der Waals surface area contributed by atoms with Crippen LogP contribution in [0.2, 0.25) is 0 Å². The van der Waals surface area contributed by atoms with Crippen molar-refractivity contribution in [1.29, 1.82) is 0 Å². The molecule has 0 unspecified atom stereocenters. The normalized spacial score (nSPS) is 15.4. The Labute approximate surface area is 95.0 Å². The van der Waals surface area contributed by atoms with Gasteiger partial charge in [-0.25, -0.2) is 0 Å². The van der Waals surface area contributed by atoms with E-state index in [1.807, 2.05) is 12.1 Å². The van der Waals surface area contributed by atoms with Crippen LogP contribution < -0.4 is 0 Å². The first kappa shape index (κ1) is 10.9. The van der Waals surface area contributed by atoms with Gasteiger partial charge in [-0.2, -0.15) is 5.06 Å². The van der Waals surface area contributed by atoms with E-state index in [1.54, 1.807) is 24.3 Å². The summed E-state index contributed by atoms with van der Waals surface area (Å²) in [5, 5.41) is 10.6. The molecule has 16 heavy (non-hydrogen) atoms. The minimum Gasteiger partial charge on any atom is -0.281 e. The summed E-state index contributed by atoms with van der Waals surface area (Å²) in [5.41, 5.74) is 1.23. The summed E-state index contributed by atoms with van der Waals surface area (Å²) in [4.78, 5) is 11.9. The summed E-state index contributed by atoms with van der Waals surface area (Å²) in [5.74, 6) is -0.353. The molecule has 2 rings (SSSR count). The van der Waals surface area contributed by atoms with Crippen molar-refractivity contribution in [2.75, 3.05) is 0 Å². The zero-order valence-electron chi connectivity index (χ0n) is 9.10. The minimum atomic E-state index is -0.353. The standard InChI is InChI=1S/C13H15NO2/c15-13(11-7-3-1-4-8-11)14(16)12-9-5-2-6-10-12/h1,3-4,7-9,16H,2,5-6,10H2. The fourth-order valence-corrected chi connectivity index (χ4v) is 1.85. The summed E-state index contributed by atoms with van der Waals surface area (Å²) in [6.07, 6.45) is 5.82. The van der Waals surface area contributed by atoms with Crippen molar-refractivity contribution in [3.05, 3.63) is 47.7 Å². The van der Waals surface area contributed by atoms with Gasteiger partial charge in [-0.3, -0.25) is 10.0 Å². The smallest absolute Gasteiger partial charge is 0.281 e. The minimum absolute atomic E-state index is 0.353. The number of nitrogens with zero attached hydrogens (tertiary/aromatic N) is 1. The quantitative estimate of drug-likeness (QED) is 0.611. The molecule has 3 nitrogen and oxygen atoms in total. The van der Waals surface area contributed by atoms with Gasteiger partial charge in [-0.1, -0.05) is 24.3 Å². The molecule has 0 saturated heterocycles. The van der Waals surface area contributed by atoms with Crippen molar-refractivity contribution in [2.45, 2.75) is 25.7 Å². The van der Waals surface area contributed by atoms with Gasteiger partial charge in [-0.05, 0) is 37.8 Å². The predicted molar refractivity (Wildman–Crippen MR) is 60.9 cm³/mol. The summed E-state index contributed by atoms with van der Waals surface area (Å²) in [6.45, 7) is 0. The van der Waals surface area contributed by atoms with Gasteiger partial charge in [-0.15, -0.1) is 0 Å². The highest BCUT2D eigenvalue weighted by Crippen LogP contribution is 2.21. The average Bonchev–Trinajstić information content (AvgIpc) is 2.39. The number of hydrogen-bond acceptors (Lipinski definition) is 2. The Morgan fingerprint density at radius 2 is 1.94 bits per heavy atom. The molecule has 0 bridgehead atoms. The number of hydrogen-bond donors (Lipinski definition) is 1. The highest BCUT2D eigenvalue weighted by molar-refractivity contribution is 5.94. The van der Waals surface area contributed by atoms with Crippen LogP contribution in [0.5, 0.6) is 0 Å². The molecule has 1 aromatic carbocycles. The molecule has 1 aromatic rings. The molecular weight excluding hydrogens is 202 g/mol. The van der Waals surface area contributed by atoms with Gasteiger partial charge in [0.15, 0.2) is 0 Å². The maximum absolute atomic E-state index is 11.9. The molecule has 1 N–H and O–H groups in total. The first-order chi connectivity index (χ1) is 7.79. The number of hydroxylamine groups is 2. The molecule has 0 fully saturated rings. The van der Waals surface area contributed by atoms with Crippen LogP contribution in [0.25, 0.3) is 0 Å². The van der Waals surface area contributed by atoms with Crippen molar-refractivity contribution in [3.8, 4) is 0 Å². The van der Waals surface area contributed by atoms with Crippen LogP contribution in [0.4, 0.5) is 0 Å². The molecule has 1 aliphatic carbocycles. The van der Waals surface area contributed by atoms with Gasteiger partial charge >= 0.3 is 0 Å². The van der Waals surface area contributed by atoms with Crippen molar-refractivity contribution in [1.82, 2.24) is 5.06 Å². The summed E-state index contributed by atoms with van der Waals surface area (Å²) < 4.78 is 0. The van der Waals surface area contributed by atoms with Crippen LogP contribution in [0.15, 0.2) is 42.1 Å².